The molecule has 1 heterocycles. The second-order valence-corrected chi connectivity index (χ2v) is 3.32. The van der Waals surface area contributed by atoms with Gasteiger partial charge >= 0.3 is 0 Å². The number of alkyl halides is 1. The van der Waals surface area contributed by atoms with Crippen LogP contribution >= 0.6 is 34.2 Å². The molecular formula is C6H5ClINO. The van der Waals surface area contributed by atoms with Gasteiger partial charge in [0, 0.05) is 15.3 Å². The number of nitrogens with one attached hydrogen (secondary N) is 1. The molecule has 4 heteroatoms. The van der Waals surface area contributed by atoms with Crippen LogP contribution in [-0.4, -0.2) is 4.98 Å². The molecule has 0 fully saturated rings. The number of rotatable bonds is 1. The standard InChI is InChI=1S/C6H5ClINO/c7-2-4-1-5(8)3-9-6(4)10/h1,3H,2H2,(H,9,10). The first-order chi connectivity index (χ1) is 4.74. The average molecular weight is 269 g/mol. The molecule has 1 aromatic heterocycles. The molecular weight excluding hydrogens is 264 g/mol. The summed E-state index contributed by atoms with van der Waals surface area (Å²) in [6.45, 7) is 0. The van der Waals surface area contributed by atoms with Gasteiger partial charge in [0.15, 0.2) is 0 Å². The topological polar surface area (TPSA) is 32.9 Å². The molecule has 0 spiro atoms. The number of pyridine rings is 1. The van der Waals surface area contributed by atoms with Gasteiger partial charge in [-0.2, -0.15) is 0 Å². The van der Waals surface area contributed by atoms with Crippen molar-refractivity contribution in [2.24, 2.45) is 0 Å². The van der Waals surface area contributed by atoms with Crippen molar-refractivity contribution in [1.82, 2.24) is 4.98 Å². The van der Waals surface area contributed by atoms with Crippen molar-refractivity contribution in [2.45, 2.75) is 5.88 Å². The van der Waals surface area contributed by atoms with E-state index in [4.69, 9.17) is 11.6 Å². The van der Waals surface area contributed by atoms with Crippen LogP contribution in [0, 0.1) is 3.57 Å². The van der Waals surface area contributed by atoms with E-state index < -0.39 is 0 Å². The maximum atomic E-state index is 10.9. The fraction of sp³-hybridized carbons (Fsp3) is 0.167. The molecule has 0 aliphatic carbocycles. The van der Waals surface area contributed by atoms with Crippen molar-refractivity contribution in [3.05, 3.63) is 31.8 Å². The molecule has 1 rings (SSSR count). The monoisotopic (exact) mass is 269 g/mol. The zero-order valence-electron chi connectivity index (χ0n) is 5.03. The lowest BCUT2D eigenvalue weighted by Gasteiger charge is -1.92. The largest absolute Gasteiger partial charge is 0.328 e. The third-order valence-electron chi connectivity index (χ3n) is 1.09. The van der Waals surface area contributed by atoms with E-state index in [9.17, 15) is 4.79 Å². The fourth-order valence-corrected chi connectivity index (χ4v) is 1.33. The highest BCUT2D eigenvalue weighted by atomic mass is 127. The number of hydrogen-bond donors (Lipinski definition) is 1. The molecule has 0 unspecified atom stereocenters. The average Bonchev–Trinajstić information content (AvgIpc) is 1.94. The van der Waals surface area contributed by atoms with Gasteiger partial charge in [0.1, 0.15) is 0 Å². The Morgan fingerprint density at radius 3 is 2.90 bits per heavy atom. The SMILES string of the molecule is O=c1[nH]cc(I)cc1CCl. The van der Waals surface area contributed by atoms with Crippen molar-refractivity contribution < 1.29 is 0 Å². The number of aromatic nitrogens is 1. The first kappa shape index (κ1) is 8.07. The van der Waals surface area contributed by atoms with Crippen molar-refractivity contribution in [2.75, 3.05) is 0 Å². The molecule has 0 atom stereocenters. The molecule has 0 amide bonds. The summed E-state index contributed by atoms with van der Waals surface area (Å²) in [6.07, 6.45) is 1.65. The summed E-state index contributed by atoms with van der Waals surface area (Å²) in [5.41, 5.74) is 0.518. The highest BCUT2D eigenvalue weighted by molar-refractivity contribution is 14.1. The summed E-state index contributed by atoms with van der Waals surface area (Å²) >= 11 is 7.60. The van der Waals surface area contributed by atoms with E-state index in [2.05, 4.69) is 27.6 Å². The summed E-state index contributed by atoms with van der Waals surface area (Å²) in [6, 6.07) is 1.77. The molecule has 10 heavy (non-hydrogen) atoms. The van der Waals surface area contributed by atoms with Gasteiger partial charge in [0.25, 0.3) is 5.56 Å². The third kappa shape index (κ3) is 1.73. The van der Waals surface area contributed by atoms with Gasteiger partial charge in [-0.05, 0) is 28.7 Å². The van der Waals surface area contributed by atoms with Gasteiger partial charge in [-0.1, -0.05) is 0 Å². The molecule has 1 aromatic rings. The van der Waals surface area contributed by atoms with Gasteiger partial charge in [-0.15, -0.1) is 11.6 Å². The van der Waals surface area contributed by atoms with Gasteiger partial charge in [0.05, 0.1) is 5.88 Å². The van der Waals surface area contributed by atoms with Crippen LogP contribution in [0.4, 0.5) is 0 Å². The van der Waals surface area contributed by atoms with E-state index in [1.54, 1.807) is 12.3 Å². The van der Waals surface area contributed by atoms with Crippen molar-refractivity contribution in [3.63, 3.8) is 0 Å². The Morgan fingerprint density at radius 2 is 2.40 bits per heavy atom. The number of H-pyrrole nitrogens is 1. The number of hydrogen-bond acceptors (Lipinski definition) is 1. The van der Waals surface area contributed by atoms with Crippen molar-refractivity contribution >= 4 is 34.2 Å². The molecule has 54 valence electrons. The predicted molar refractivity (Wildman–Crippen MR) is 49.3 cm³/mol. The van der Waals surface area contributed by atoms with Crippen LogP contribution in [0.2, 0.25) is 0 Å². The Kier molecular flexibility index (Phi) is 2.73. The Balaban J connectivity index is 3.22. The van der Waals surface area contributed by atoms with Gasteiger partial charge in [-0.3, -0.25) is 4.79 Å². The van der Waals surface area contributed by atoms with Gasteiger partial charge in [-0.25, -0.2) is 0 Å². The zero-order chi connectivity index (χ0) is 7.56. The molecule has 0 aliphatic rings. The molecule has 0 saturated heterocycles. The quantitative estimate of drug-likeness (QED) is 0.611. The molecule has 0 radical (unpaired) electrons. The van der Waals surface area contributed by atoms with Crippen LogP contribution in [-0.2, 0) is 5.88 Å². The van der Waals surface area contributed by atoms with Gasteiger partial charge in [0.2, 0.25) is 0 Å². The van der Waals surface area contributed by atoms with E-state index in [-0.39, 0.29) is 11.4 Å². The minimum atomic E-state index is -0.101. The summed E-state index contributed by atoms with van der Waals surface area (Å²) in [7, 11) is 0. The number of halogens is 2. The van der Waals surface area contributed by atoms with Crippen LogP contribution in [0.5, 0.6) is 0 Å². The minimum Gasteiger partial charge on any atom is -0.328 e. The number of aromatic amines is 1. The molecule has 0 aliphatic heterocycles. The summed E-state index contributed by atoms with van der Waals surface area (Å²) in [4.78, 5) is 13.4. The molecule has 1 N–H and O–H groups in total. The second kappa shape index (κ2) is 3.39. The normalized spacial score (nSPS) is 9.80. The Morgan fingerprint density at radius 1 is 1.70 bits per heavy atom. The van der Waals surface area contributed by atoms with E-state index in [0.717, 1.165) is 3.57 Å². The molecule has 0 saturated carbocycles. The maximum absolute atomic E-state index is 10.9. The van der Waals surface area contributed by atoms with E-state index in [1.807, 2.05) is 0 Å². The van der Waals surface area contributed by atoms with Crippen LogP contribution in [0.1, 0.15) is 5.56 Å². The van der Waals surface area contributed by atoms with Crippen molar-refractivity contribution in [1.29, 1.82) is 0 Å². The Hall–Kier alpha value is -0.0300. The van der Waals surface area contributed by atoms with Gasteiger partial charge < -0.3 is 4.98 Å². The van der Waals surface area contributed by atoms with E-state index >= 15 is 0 Å². The maximum Gasteiger partial charge on any atom is 0.252 e. The van der Waals surface area contributed by atoms with Crippen LogP contribution in [0.3, 0.4) is 0 Å². The summed E-state index contributed by atoms with van der Waals surface area (Å²) < 4.78 is 0.993. The lowest BCUT2D eigenvalue weighted by Crippen LogP contribution is -2.10. The Bertz CT molecular complexity index is 283. The highest BCUT2D eigenvalue weighted by Gasteiger charge is 1.96. The third-order valence-corrected chi connectivity index (χ3v) is 2.00. The lowest BCUT2D eigenvalue weighted by molar-refractivity contribution is 1.15. The first-order valence-electron chi connectivity index (χ1n) is 2.67. The fourth-order valence-electron chi connectivity index (χ4n) is 0.600. The highest BCUT2D eigenvalue weighted by Crippen LogP contribution is 2.03. The van der Waals surface area contributed by atoms with Crippen LogP contribution in [0.25, 0.3) is 0 Å². The summed E-state index contributed by atoms with van der Waals surface area (Å²) in [5, 5.41) is 0. The summed E-state index contributed by atoms with van der Waals surface area (Å²) in [5.74, 6) is 0.270. The van der Waals surface area contributed by atoms with E-state index in [0.29, 0.717) is 5.56 Å². The molecule has 0 bridgehead atoms. The lowest BCUT2D eigenvalue weighted by atomic mass is 10.3. The first-order valence-corrected chi connectivity index (χ1v) is 4.28. The minimum absolute atomic E-state index is 0.101. The van der Waals surface area contributed by atoms with Crippen LogP contribution in [0.15, 0.2) is 17.1 Å². The second-order valence-electron chi connectivity index (χ2n) is 1.81. The smallest absolute Gasteiger partial charge is 0.252 e. The zero-order valence-corrected chi connectivity index (χ0v) is 7.94. The van der Waals surface area contributed by atoms with Crippen molar-refractivity contribution in [3.8, 4) is 0 Å². The molecule has 2 nitrogen and oxygen atoms in total. The molecule has 0 aromatic carbocycles. The van der Waals surface area contributed by atoms with Crippen LogP contribution < -0.4 is 5.56 Å². The van der Waals surface area contributed by atoms with E-state index in [1.165, 1.54) is 0 Å². The Labute approximate surface area is 76.7 Å². The predicted octanol–water partition coefficient (Wildman–Crippen LogP) is 1.72.